The van der Waals surface area contributed by atoms with Crippen molar-refractivity contribution >= 4 is 7.25 Å². The van der Waals surface area contributed by atoms with Crippen LogP contribution in [0, 0.1) is 0 Å². The van der Waals surface area contributed by atoms with Gasteiger partial charge in [0.25, 0.3) is 0 Å². The molecule has 0 N–H and O–H groups in total. The van der Waals surface area contributed by atoms with Crippen molar-refractivity contribution in [2.45, 2.75) is 13.8 Å². The van der Waals surface area contributed by atoms with Gasteiger partial charge in [0.2, 0.25) is 0 Å². The first-order valence-electron chi connectivity index (χ1n) is 4.68. The van der Waals surface area contributed by atoms with Crippen LogP contribution in [-0.4, -0.2) is 49.9 Å². The fraction of sp³-hybridized carbons (Fsp3) is 1.00. The summed E-state index contributed by atoms with van der Waals surface area (Å²) in [4.78, 5) is 4.92. The van der Waals surface area contributed by atoms with E-state index in [0.29, 0.717) is 0 Å². The third-order valence-corrected chi connectivity index (χ3v) is 2.03. The Bertz CT molecular complexity index is 137. The molecule has 7 heteroatoms. The Balaban J connectivity index is 0.000000292. The third-order valence-electron chi connectivity index (χ3n) is 2.03. The average molecular weight is 215 g/mol. The monoisotopic (exact) mass is 215 g/mol. The topological polar surface area (TPSA) is 6.48 Å². The summed E-state index contributed by atoms with van der Waals surface area (Å²) in [6.07, 6.45) is 0. The molecule has 0 saturated carbocycles. The van der Waals surface area contributed by atoms with Gasteiger partial charge in [0, 0.05) is 13.1 Å². The fourth-order valence-electron chi connectivity index (χ4n) is 1.22. The first-order valence-corrected chi connectivity index (χ1v) is 4.68. The maximum atomic E-state index is 9.75. The van der Waals surface area contributed by atoms with E-state index < -0.39 is 7.25 Å². The molecular weight excluding hydrogens is 199 g/mol. The molecule has 0 bridgehead atoms. The van der Waals surface area contributed by atoms with Crippen molar-refractivity contribution in [2.24, 2.45) is 0 Å². The normalized spacial score (nSPS) is 19.3. The zero-order valence-corrected chi connectivity index (χ0v) is 8.52. The predicted molar refractivity (Wildman–Crippen MR) is 49.5 cm³/mol. The van der Waals surface area contributed by atoms with Gasteiger partial charge in [0.1, 0.15) is 0 Å². The van der Waals surface area contributed by atoms with E-state index in [0.717, 1.165) is 0 Å². The third kappa shape index (κ3) is 8.31. The van der Waals surface area contributed by atoms with Gasteiger partial charge >= 0.3 is 7.25 Å². The minimum Gasteiger partial charge on any atom is -0.418 e. The molecule has 1 aliphatic rings. The Morgan fingerprint density at radius 3 is 1.36 bits per heavy atom. The minimum atomic E-state index is -6.00. The molecule has 0 aromatic heterocycles. The van der Waals surface area contributed by atoms with Crippen LogP contribution in [0.25, 0.3) is 0 Å². The van der Waals surface area contributed by atoms with Crippen LogP contribution in [0.1, 0.15) is 13.8 Å². The quantitative estimate of drug-likeness (QED) is 0.512. The van der Waals surface area contributed by atoms with Crippen molar-refractivity contribution in [1.82, 2.24) is 9.80 Å². The molecule has 2 nitrogen and oxygen atoms in total. The van der Waals surface area contributed by atoms with E-state index in [2.05, 4.69) is 23.6 Å². The van der Waals surface area contributed by atoms with Gasteiger partial charge in [-0.3, -0.25) is 9.80 Å². The molecule has 1 fully saturated rings. The van der Waals surface area contributed by atoms with Gasteiger partial charge in [-0.05, 0) is 13.1 Å². The van der Waals surface area contributed by atoms with Crippen molar-refractivity contribution in [3.63, 3.8) is 0 Å². The molecular formula is C7H16BF4N2-. The minimum absolute atomic E-state index is 1.19. The summed E-state index contributed by atoms with van der Waals surface area (Å²) in [6.45, 7) is 10.6. The van der Waals surface area contributed by atoms with Gasteiger partial charge in [0.15, 0.2) is 0 Å². The number of hydrogen-bond acceptors (Lipinski definition) is 2. The summed E-state index contributed by atoms with van der Waals surface area (Å²) in [5.74, 6) is 0. The standard InChI is InChI=1S/C7H16N2.BF4/c1-3-8-5-6-9(4-2)7-8;2-1(3,4)5/h3-7H2,1-2H3;/q;-1. The number of rotatable bonds is 2. The van der Waals surface area contributed by atoms with Crippen molar-refractivity contribution < 1.29 is 17.3 Å². The van der Waals surface area contributed by atoms with E-state index in [9.17, 15) is 17.3 Å². The predicted octanol–water partition coefficient (Wildman–Crippen LogP) is 1.90. The number of likely N-dealkylation sites (N-methyl/N-ethyl adjacent to an activating group) is 2. The van der Waals surface area contributed by atoms with Gasteiger partial charge in [0.05, 0.1) is 6.67 Å². The lowest BCUT2D eigenvalue weighted by Crippen LogP contribution is -2.24. The van der Waals surface area contributed by atoms with Crippen LogP contribution >= 0.6 is 0 Å². The molecule has 0 aromatic carbocycles. The van der Waals surface area contributed by atoms with E-state index in [1.54, 1.807) is 0 Å². The van der Waals surface area contributed by atoms with E-state index >= 15 is 0 Å². The average Bonchev–Trinajstić information content (AvgIpc) is 2.48. The second kappa shape index (κ2) is 6.24. The largest absolute Gasteiger partial charge is 0.673 e. The fourth-order valence-corrected chi connectivity index (χ4v) is 1.22. The highest BCUT2D eigenvalue weighted by Gasteiger charge is 2.20. The number of nitrogens with zero attached hydrogens (tertiary/aromatic N) is 2. The number of hydrogen-bond donors (Lipinski definition) is 0. The van der Waals surface area contributed by atoms with Crippen molar-refractivity contribution in [1.29, 1.82) is 0 Å². The van der Waals surface area contributed by atoms with Gasteiger partial charge < -0.3 is 17.3 Å². The first-order chi connectivity index (χ1) is 6.36. The Morgan fingerprint density at radius 1 is 0.929 bits per heavy atom. The zero-order valence-electron chi connectivity index (χ0n) is 8.52. The lowest BCUT2D eigenvalue weighted by Gasteiger charge is -2.13. The van der Waals surface area contributed by atoms with Crippen LogP contribution < -0.4 is 0 Å². The van der Waals surface area contributed by atoms with Gasteiger partial charge in [-0.25, -0.2) is 0 Å². The maximum Gasteiger partial charge on any atom is 0.673 e. The van der Waals surface area contributed by atoms with Crippen LogP contribution in [0.15, 0.2) is 0 Å². The van der Waals surface area contributed by atoms with Crippen LogP contribution in [-0.2, 0) is 0 Å². The first kappa shape index (κ1) is 13.7. The molecule has 0 unspecified atom stereocenters. The van der Waals surface area contributed by atoms with Gasteiger partial charge in [-0.2, -0.15) is 0 Å². The smallest absolute Gasteiger partial charge is 0.418 e. The highest BCUT2D eigenvalue weighted by atomic mass is 19.5. The SMILES string of the molecule is CCN1CCN(CC)C1.F[B-](F)(F)F. The highest BCUT2D eigenvalue weighted by Crippen LogP contribution is 2.06. The maximum absolute atomic E-state index is 9.75. The van der Waals surface area contributed by atoms with E-state index in [1.807, 2.05) is 0 Å². The molecule has 1 rings (SSSR count). The lowest BCUT2D eigenvalue weighted by atomic mass is 10.3. The van der Waals surface area contributed by atoms with Crippen molar-refractivity contribution in [3.8, 4) is 0 Å². The molecule has 0 aromatic rings. The molecule has 1 saturated heterocycles. The van der Waals surface area contributed by atoms with Crippen LogP contribution in [0.2, 0.25) is 0 Å². The Labute approximate surface area is 82.0 Å². The number of halogens is 4. The van der Waals surface area contributed by atoms with Crippen LogP contribution in [0.5, 0.6) is 0 Å². The van der Waals surface area contributed by atoms with Crippen LogP contribution in [0.3, 0.4) is 0 Å². The molecule has 14 heavy (non-hydrogen) atoms. The van der Waals surface area contributed by atoms with Crippen molar-refractivity contribution in [2.75, 3.05) is 32.8 Å². The summed E-state index contributed by atoms with van der Waals surface area (Å²) < 4.78 is 39.0. The highest BCUT2D eigenvalue weighted by molar-refractivity contribution is 6.50. The van der Waals surface area contributed by atoms with E-state index in [-0.39, 0.29) is 0 Å². The van der Waals surface area contributed by atoms with Gasteiger partial charge in [-0.15, -0.1) is 0 Å². The zero-order chi connectivity index (χ0) is 11.2. The molecule has 0 radical (unpaired) electrons. The van der Waals surface area contributed by atoms with Crippen LogP contribution in [0.4, 0.5) is 17.3 Å². The Hall–Kier alpha value is -0.295. The summed E-state index contributed by atoms with van der Waals surface area (Å²) in [5, 5.41) is 0. The molecule has 1 heterocycles. The lowest BCUT2D eigenvalue weighted by molar-refractivity contribution is 0.262. The molecule has 86 valence electrons. The molecule has 1 aliphatic heterocycles. The second-order valence-electron chi connectivity index (χ2n) is 3.06. The summed E-state index contributed by atoms with van der Waals surface area (Å²) in [6, 6.07) is 0. The molecule has 0 aliphatic carbocycles. The summed E-state index contributed by atoms with van der Waals surface area (Å²) in [5.41, 5.74) is 0. The molecule has 0 spiro atoms. The molecule has 0 amide bonds. The van der Waals surface area contributed by atoms with Crippen molar-refractivity contribution in [3.05, 3.63) is 0 Å². The Morgan fingerprint density at radius 2 is 1.21 bits per heavy atom. The Kier molecular flexibility index (Phi) is 6.11. The van der Waals surface area contributed by atoms with E-state index in [4.69, 9.17) is 0 Å². The second-order valence-corrected chi connectivity index (χ2v) is 3.06. The van der Waals surface area contributed by atoms with Gasteiger partial charge in [-0.1, -0.05) is 13.8 Å². The summed E-state index contributed by atoms with van der Waals surface area (Å²) >= 11 is 0. The molecule has 0 atom stereocenters. The van der Waals surface area contributed by atoms with E-state index in [1.165, 1.54) is 32.8 Å². The summed E-state index contributed by atoms with van der Waals surface area (Å²) in [7, 11) is -6.00.